The molecule has 1 amide bonds. The highest BCUT2D eigenvalue weighted by Crippen LogP contribution is 2.24. The number of aryl methyl sites for hydroxylation is 1. The van der Waals surface area contributed by atoms with E-state index in [4.69, 9.17) is 9.15 Å². The van der Waals surface area contributed by atoms with Crippen molar-refractivity contribution in [2.75, 3.05) is 38.2 Å². The van der Waals surface area contributed by atoms with Crippen LogP contribution in [0.3, 0.4) is 0 Å². The predicted octanol–water partition coefficient (Wildman–Crippen LogP) is 3.62. The number of hydrogen-bond acceptors (Lipinski definition) is 5. The number of rotatable bonds is 4. The highest BCUT2D eigenvalue weighted by Gasteiger charge is 2.27. The van der Waals surface area contributed by atoms with Crippen molar-refractivity contribution in [3.8, 4) is 17.2 Å². The van der Waals surface area contributed by atoms with Crippen LogP contribution >= 0.6 is 0 Å². The van der Waals surface area contributed by atoms with E-state index in [2.05, 4.69) is 16.0 Å². The smallest absolute Gasteiger partial charge is 0.276 e. The zero-order chi connectivity index (χ0) is 19.5. The summed E-state index contributed by atoms with van der Waals surface area (Å²) in [5.41, 5.74) is 2.37. The number of ether oxygens (including phenoxy) is 1. The molecule has 2 heterocycles. The van der Waals surface area contributed by atoms with Crippen molar-refractivity contribution < 1.29 is 13.9 Å². The maximum atomic E-state index is 13.0. The summed E-state index contributed by atoms with van der Waals surface area (Å²) in [6.07, 6.45) is 0. The fourth-order valence-corrected chi connectivity index (χ4v) is 3.42. The molecule has 1 aromatic heterocycles. The van der Waals surface area contributed by atoms with Crippen LogP contribution < -0.4 is 9.64 Å². The van der Waals surface area contributed by atoms with E-state index in [1.54, 1.807) is 14.0 Å². The second-order valence-corrected chi connectivity index (χ2v) is 6.77. The van der Waals surface area contributed by atoms with Gasteiger partial charge in [0.1, 0.15) is 11.5 Å². The first kappa shape index (κ1) is 18.1. The number of carbonyl (C=O) groups excluding carboxylic acids is 1. The van der Waals surface area contributed by atoms with Crippen LogP contribution in [0.25, 0.3) is 11.5 Å². The van der Waals surface area contributed by atoms with Crippen LogP contribution in [0.15, 0.2) is 59.0 Å². The summed E-state index contributed by atoms with van der Waals surface area (Å²) in [6.45, 7) is 4.61. The van der Waals surface area contributed by atoms with E-state index in [9.17, 15) is 4.79 Å². The Bertz CT molecular complexity index is 960. The van der Waals surface area contributed by atoms with E-state index in [1.807, 2.05) is 53.4 Å². The van der Waals surface area contributed by atoms with E-state index in [-0.39, 0.29) is 5.91 Å². The summed E-state index contributed by atoms with van der Waals surface area (Å²) in [7, 11) is 1.67. The molecule has 1 aliphatic rings. The minimum absolute atomic E-state index is 0.0753. The molecule has 0 bridgehead atoms. The van der Waals surface area contributed by atoms with Crippen LogP contribution in [0.1, 0.15) is 16.2 Å². The minimum atomic E-state index is -0.0753. The molecular formula is C22H23N3O3. The Labute approximate surface area is 164 Å². The van der Waals surface area contributed by atoms with Gasteiger partial charge in [-0.1, -0.05) is 24.3 Å². The Morgan fingerprint density at radius 2 is 1.79 bits per heavy atom. The molecule has 0 radical (unpaired) electrons. The van der Waals surface area contributed by atoms with Crippen molar-refractivity contribution >= 4 is 11.6 Å². The van der Waals surface area contributed by atoms with Gasteiger partial charge in [-0.15, -0.1) is 0 Å². The molecule has 1 aliphatic heterocycles. The highest BCUT2D eigenvalue weighted by molar-refractivity contribution is 5.94. The largest absolute Gasteiger partial charge is 0.497 e. The third-order valence-electron chi connectivity index (χ3n) is 5.01. The molecule has 1 fully saturated rings. The van der Waals surface area contributed by atoms with Crippen LogP contribution in [0.4, 0.5) is 5.69 Å². The number of aromatic nitrogens is 1. The van der Waals surface area contributed by atoms with Crippen LogP contribution in [0.2, 0.25) is 0 Å². The molecule has 28 heavy (non-hydrogen) atoms. The number of oxazole rings is 1. The summed E-state index contributed by atoms with van der Waals surface area (Å²) in [6, 6.07) is 17.6. The molecular weight excluding hydrogens is 354 g/mol. The molecule has 144 valence electrons. The number of benzene rings is 2. The van der Waals surface area contributed by atoms with E-state index in [0.29, 0.717) is 30.4 Å². The van der Waals surface area contributed by atoms with Gasteiger partial charge < -0.3 is 19.0 Å². The maximum absolute atomic E-state index is 13.0. The van der Waals surface area contributed by atoms with E-state index in [1.165, 1.54) is 0 Å². The lowest BCUT2D eigenvalue weighted by molar-refractivity contribution is 0.0740. The fourth-order valence-electron chi connectivity index (χ4n) is 3.42. The molecule has 3 aromatic rings. The molecule has 0 saturated carbocycles. The van der Waals surface area contributed by atoms with E-state index in [0.717, 1.165) is 30.1 Å². The van der Waals surface area contributed by atoms with Crippen molar-refractivity contribution in [3.05, 3.63) is 66.1 Å². The average molecular weight is 377 g/mol. The van der Waals surface area contributed by atoms with Crippen LogP contribution in [-0.4, -0.2) is 49.1 Å². The summed E-state index contributed by atoms with van der Waals surface area (Å²) in [4.78, 5) is 21.5. The Morgan fingerprint density at radius 1 is 1.04 bits per heavy atom. The lowest BCUT2D eigenvalue weighted by atomic mass is 10.2. The van der Waals surface area contributed by atoms with Crippen molar-refractivity contribution in [1.82, 2.24) is 9.88 Å². The number of nitrogens with zero attached hydrogens (tertiary/aromatic N) is 3. The number of hydrogen-bond donors (Lipinski definition) is 0. The van der Waals surface area contributed by atoms with Crippen molar-refractivity contribution in [2.24, 2.45) is 0 Å². The van der Waals surface area contributed by atoms with Gasteiger partial charge in [-0.2, -0.15) is 0 Å². The topological polar surface area (TPSA) is 58.8 Å². The summed E-state index contributed by atoms with van der Waals surface area (Å²) >= 11 is 0. The molecule has 6 heteroatoms. The molecule has 0 atom stereocenters. The van der Waals surface area contributed by atoms with Crippen LogP contribution in [0, 0.1) is 6.92 Å². The van der Waals surface area contributed by atoms with Crippen LogP contribution in [0.5, 0.6) is 5.75 Å². The summed E-state index contributed by atoms with van der Waals surface area (Å²) < 4.78 is 11.1. The SMILES string of the molecule is COc1cccc(N2CCN(C(=O)c3nc(-c4ccccc4)oc3C)CC2)c1. The third-order valence-corrected chi connectivity index (χ3v) is 5.01. The number of methoxy groups -OCH3 is 1. The second-order valence-electron chi connectivity index (χ2n) is 6.77. The molecule has 2 aromatic carbocycles. The van der Waals surface area contributed by atoms with Gasteiger partial charge >= 0.3 is 0 Å². The minimum Gasteiger partial charge on any atom is -0.497 e. The van der Waals surface area contributed by atoms with Gasteiger partial charge in [0.2, 0.25) is 5.89 Å². The molecule has 0 unspecified atom stereocenters. The Kier molecular flexibility index (Phi) is 5.02. The maximum Gasteiger partial charge on any atom is 0.276 e. The number of amides is 1. The first-order valence-corrected chi connectivity index (χ1v) is 9.37. The lowest BCUT2D eigenvalue weighted by Crippen LogP contribution is -2.49. The Hall–Kier alpha value is -3.28. The van der Waals surface area contributed by atoms with Crippen molar-refractivity contribution in [3.63, 3.8) is 0 Å². The van der Waals surface area contributed by atoms with E-state index >= 15 is 0 Å². The van der Waals surface area contributed by atoms with Gasteiger partial charge in [-0.25, -0.2) is 4.98 Å². The quantitative estimate of drug-likeness (QED) is 0.695. The van der Waals surface area contributed by atoms with Gasteiger partial charge in [-0.05, 0) is 31.2 Å². The molecule has 6 nitrogen and oxygen atoms in total. The van der Waals surface area contributed by atoms with Gasteiger partial charge in [-0.3, -0.25) is 4.79 Å². The fraction of sp³-hybridized carbons (Fsp3) is 0.273. The first-order valence-electron chi connectivity index (χ1n) is 9.37. The lowest BCUT2D eigenvalue weighted by Gasteiger charge is -2.36. The van der Waals surface area contributed by atoms with Crippen molar-refractivity contribution in [1.29, 1.82) is 0 Å². The first-order chi connectivity index (χ1) is 13.7. The average Bonchev–Trinajstić information content (AvgIpc) is 3.15. The van der Waals surface area contributed by atoms with E-state index < -0.39 is 0 Å². The molecule has 1 saturated heterocycles. The second kappa shape index (κ2) is 7.76. The van der Waals surface area contributed by atoms with Gasteiger partial charge in [0.15, 0.2) is 5.69 Å². The summed E-state index contributed by atoms with van der Waals surface area (Å²) in [5.74, 6) is 1.80. The number of anilines is 1. The zero-order valence-corrected chi connectivity index (χ0v) is 16.1. The van der Waals surface area contributed by atoms with Gasteiger partial charge in [0.05, 0.1) is 7.11 Å². The monoisotopic (exact) mass is 377 g/mol. The standard InChI is InChI=1S/C22H23N3O3/c1-16-20(23-21(28-16)17-7-4-3-5-8-17)22(26)25-13-11-24(12-14-25)18-9-6-10-19(15-18)27-2/h3-10,15H,11-14H2,1-2H3. The van der Waals surface area contributed by atoms with Gasteiger partial charge in [0, 0.05) is 43.5 Å². The van der Waals surface area contributed by atoms with Gasteiger partial charge in [0.25, 0.3) is 5.91 Å². The number of carbonyl (C=O) groups is 1. The van der Waals surface area contributed by atoms with Crippen molar-refractivity contribution in [2.45, 2.75) is 6.92 Å². The molecule has 4 rings (SSSR count). The molecule has 0 spiro atoms. The number of piperazine rings is 1. The Balaban J connectivity index is 1.45. The molecule has 0 N–H and O–H groups in total. The summed E-state index contributed by atoms with van der Waals surface area (Å²) in [5, 5.41) is 0. The molecule has 0 aliphatic carbocycles. The Morgan fingerprint density at radius 3 is 2.50 bits per heavy atom. The van der Waals surface area contributed by atoms with Crippen LogP contribution in [-0.2, 0) is 0 Å². The third kappa shape index (κ3) is 3.58. The highest BCUT2D eigenvalue weighted by atomic mass is 16.5. The predicted molar refractivity (Wildman–Crippen MR) is 108 cm³/mol. The zero-order valence-electron chi connectivity index (χ0n) is 16.1. The normalized spacial score (nSPS) is 14.2.